The lowest BCUT2D eigenvalue weighted by molar-refractivity contribution is 0.0999. The molecule has 0 saturated carbocycles. The maximum Gasteiger partial charge on any atom is 0.249 e. The van der Waals surface area contributed by atoms with E-state index in [0.717, 1.165) is 25.7 Å². The van der Waals surface area contributed by atoms with Gasteiger partial charge in [-0.25, -0.2) is 13.1 Å². The summed E-state index contributed by atoms with van der Waals surface area (Å²) in [6.45, 7) is 1.73. The molecule has 6 nitrogen and oxygen atoms in total. The second-order valence-electron chi connectivity index (χ2n) is 6.27. The molecule has 8 heteroatoms. The van der Waals surface area contributed by atoms with E-state index < -0.39 is 15.9 Å². The van der Waals surface area contributed by atoms with Gasteiger partial charge in [0.15, 0.2) is 0 Å². The van der Waals surface area contributed by atoms with Gasteiger partial charge >= 0.3 is 0 Å². The number of sulfonamides is 1. The topological polar surface area (TPSA) is 101 Å². The summed E-state index contributed by atoms with van der Waals surface area (Å²) in [4.78, 5) is 11.5. The Balaban J connectivity index is 0.00000192. The molecule has 2 atom stereocenters. The van der Waals surface area contributed by atoms with Gasteiger partial charge in [0.05, 0.1) is 4.90 Å². The standard InChI is InChI=1S/C15H21N3O3S.ClH/c1-9-2-5-13(8-14(9)15(16)19)22(20,21)18-12-6-10-3-4-11(7-12)17-10;/h2,5,8,10-12,17-18H,3-4,6-7H2,1H3,(H2,16,19);1H. The Labute approximate surface area is 142 Å². The molecule has 128 valence electrons. The van der Waals surface area contributed by atoms with Crippen molar-refractivity contribution >= 4 is 28.3 Å². The number of aryl methyl sites for hydroxylation is 1. The smallest absolute Gasteiger partial charge is 0.249 e. The molecule has 2 heterocycles. The summed E-state index contributed by atoms with van der Waals surface area (Å²) >= 11 is 0. The van der Waals surface area contributed by atoms with E-state index in [9.17, 15) is 13.2 Å². The minimum absolute atomic E-state index is 0. The number of rotatable bonds is 4. The quantitative estimate of drug-likeness (QED) is 0.748. The van der Waals surface area contributed by atoms with Crippen molar-refractivity contribution in [1.82, 2.24) is 10.0 Å². The molecular weight excluding hydrogens is 338 g/mol. The minimum Gasteiger partial charge on any atom is -0.366 e. The summed E-state index contributed by atoms with van der Waals surface area (Å²) < 4.78 is 27.9. The molecule has 2 bridgehead atoms. The molecule has 23 heavy (non-hydrogen) atoms. The fourth-order valence-corrected chi connectivity index (χ4v) is 4.76. The van der Waals surface area contributed by atoms with Crippen LogP contribution in [0.5, 0.6) is 0 Å². The first kappa shape index (κ1) is 18.2. The molecule has 2 aliphatic heterocycles. The zero-order valence-electron chi connectivity index (χ0n) is 12.9. The number of hydrogen-bond donors (Lipinski definition) is 3. The Morgan fingerprint density at radius 2 is 1.87 bits per heavy atom. The molecule has 2 fully saturated rings. The van der Waals surface area contributed by atoms with E-state index in [2.05, 4.69) is 10.0 Å². The molecule has 0 aliphatic carbocycles. The average molecular weight is 360 g/mol. The van der Waals surface area contributed by atoms with Crippen LogP contribution in [0.4, 0.5) is 0 Å². The predicted molar refractivity (Wildman–Crippen MR) is 90.2 cm³/mol. The third-order valence-corrected chi connectivity index (χ3v) is 6.10. The van der Waals surface area contributed by atoms with Crippen LogP contribution in [0.3, 0.4) is 0 Å². The number of primary amides is 1. The molecular formula is C15H22ClN3O3S. The predicted octanol–water partition coefficient (Wildman–Crippen LogP) is 1.08. The number of nitrogens with one attached hydrogen (secondary N) is 2. The molecule has 1 amide bonds. The van der Waals surface area contributed by atoms with E-state index >= 15 is 0 Å². The molecule has 2 saturated heterocycles. The third-order valence-electron chi connectivity index (χ3n) is 4.58. The molecule has 0 radical (unpaired) electrons. The molecule has 0 spiro atoms. The number of nitrogens with two attached hydrogens (primary N) is 1. The largest absolute Gasteiger partial charge is 0.366 e. The van der Waals surface area contributed by atoms with E-state index in [4.69, 9.17) is 5.73 Å². The Hall–Kier alpha value is -1.15. The summed E-state index contributed by atoms with van der Waals surface area (Å²) in [6.07, 6.45) is 3.84. The van der Waals surface area contributed by atoms with Gasteiger partial charge in [0.1, 0.15) is 0 Å². The lowest BCUT2D eigenvalue weighted by Gasteiger charge is -2.29. The van der Waals surface area contributed by atoms with Crippen molar-refractivity contribution in [1.29, 1.82) is 0 Å². The van der Waals surface area contributed by atoms with Crippen LogP contribution in [0.25, 0.3) is 0 Å². The first-order valence-corrected chi connectivity index (χ1v) is 9.02. The zero-order chi connectivity index (χ0) is 15.9. The van der Waals surface area contributed by atoms with E-state index in [1.54, 1.807) is 13.0 Å². The molecule has 1 aromatic carbocycles. The summed E-state index contributed by atoms with van der Waals surface area (Å²) in [6, 6.07) is 5.24. The summed E-state index contributed by atoms with van der Waals surface area (Å²) in [7, 11) is -3.64. The van der Waals surface area contributed by atoms with Crippen molar-refractivity contribution in [3.63, 3.8) is 0 Å². The molecule has 4 N–H and O–H groups in total. The van der Waals surface area contributed by atoms with Crippen LogP contribution in [0, 0.1) is 6.92 Å². The van der Waals surface area contributed by atoms with Gasteiger partial charge in [-0.2, -0.15) is 0 Å². The minimum atomic E-state index is -3.64. The Kier molecular flexibility index (Phi) is 5.35. The maximum absolute atomic E-state index is 12.5. The first-order valence-electron chi connectivity index (χ1n) is 7.54. The van der Waals surface area contributed by atoms with E-state index in [-0.39, 0.29) is 28.9 Å². The monoisotopic (exact) mass is 359 g/mol. The summed E-state index contributed by atoms with van der Waals surface area (Å²) in [5.41, 5.74) is 6.21. The van der Waals surface area contributed by atoms with Crippen LogP contribution < -0.4 is 15.8 Å². The molecule has 3 rings (SSSR count). The number of piperidine rings is 1. The van der Waals surface area contributed by atoms with Gasteiger partial charge in [0.2, 0.25) is 15.9 Å². The van der Waals surface area contributed by atoms with Crippen LogP contribution in [0.15, 0.2) is 23.1 Å². The van der Waals surface area contributed by atoms with Crippen LogP contribution >= 0.6 is 12.4 Å². The van der Waals surface area contributed by atoms with Gasteiger partial charge in [0.25, 0.3) is 0 Å². The Morgan fingerprint density at radius 1 is 1.26 bits per heavy atom. The highest BCUT2D eigenvalue weighted by Crippen LogP contribution is 2.28. The summed E-state index contributed by atoms with van der Waals surface area (Å²) in [5, 5.41) is 3.48. The zero-order valence-corrected chi connectivity index (χ0v) is 14.5. The number of fused-ring (bicyclic) bond motifs is 2. The van der Waals surface area contributed by atoms with Crippen molar-refractivity contribution in [2.24, 2.45) is 5.73 Å². The van der Waals surface area contributed by atoms with Crippen LogP contribution in [0.2, 0.25) is 0 Å². The van der Waals surface area contributed by atoms with E-state index in [1.807, 2.05) is 0 Å². The number of carbonyl (C=O) groups is 1. The summed E-state index contributed by atoms with van der Waals surface area (Å²) in [5.74, 6) is -0.616. The van der Waals surface area contributed by atoms with Crippen molar-refractivity contribution in [3.8, 4) is 0 Å². The van der Waals surface area contributed by atoms with Gasteiger partial charge in [-0.05, 0) is 50.3 Å². The maximum atomic E-state index is 12.5. The molecule has 0 aromatic heterocycles. The van der Waals surface area contributed by atoms with Crippen molar-refractivity contribution < 1.29 is 13.2 Å². The lowest BCUT2D eigenvalue weighted by atomic mass is 10.0. The number of carbonyl (C=O) groups excluding carboxylic acids is 1. The van der Waals surface area contributed by atoms with Gasteiger partial charge in [-0.15, -0.1) is 12.4 Å². The second kappa shape index (κ2) is 6.76. The number of amides is 1. The van der Waals surface area contributed by atoms with Crippen molar-refractivity contribution in [2.45, 2.75) is 55.6 Å². The SMILES string of the molecule is Cc1ccc(S(=O)(=O)NC2CC3CCC(C2)N3)cc1C(N)=O.Cl. The van der Waals surface area contributed by atoms with E-state index in [1.165, 1.54) is 12.1 Å². The lowest BCUT2D eigenvalue weighted by Crippen LogP contribution is -2.47. The van der Waals surface area contributed by atoms with Gasteiger partial charge in [-0.3, -0.25) is 4.79 Å². The number of hydrogen-bond acceptors (Lipinski definition) is 4. The number of halogens is 1. The Morgan fingerprint density at radius 3 is 2.43 bits per heavy atom. The average Bonchev–Trinajstić information content (AvgIpc) is 2.77. The number of benzene rings is 1. The van der Waals surface area contributed by atoms with Crippen molar-refractivity contribution in [2.75, 3.05) is 0 Å². The normalized spacial score (nSPS) is 26.6. The van der Waals surface area contributed by atoms with E-state index in [0.29, 0.717) is 17.6 Å². The van der Waals surface area contributed by atoms with Gasteiger partial charge in [-0.1, -0.05) is 6.07 Å². The molecule has 2 unspecified atom stereocenters. The fourth-order valence-electron chi connectivity index (χ4n) is 3.47. The van der Waals surface area contributed by atoms with Gasteiger partial charge < -0.3 is 11.1 Å². The highest BCUT2D eigenvalue weighted by Gasteiger charge is 2.35. The molecule has 1 aromatic rings. The first-order chi connectivity index (χ1) is 10.3. The third kappa shape index (κ3) is 3.85. The second-order valence-corrected chi connectivity index (χ2v) is 7.98. The van der Waals surface area contributed by atoms with Crippen LogP contribution in [0.1, 0.15) is 41.6 Å². The highest BCUT2D eigenvalue weighted by atomic mass is 35.5. The van der Waals surface area contributed by atoms with Crippen LogP contribution in [-0.2, 0) is 10.0 Å². The van der Waals surface area contributed by atoms with Gasteiger partial charge in [0, 0.05) is 23.7 Å². The Bertz CT molecular complexity index is 696. The molecule has 2 aliphatic rings. The van der Waals surface area contributed by atoms with Crippen molar-refractivity contribution in [3.05, 3.63) is 29.3 Å². The highest BCUT2D eigenvalue weighted by molar-refractivity contribution is 7.89. The fraction of sp³-hybridized carbons (Fsp3) is 0.533. The van der Waals surface area contributed by atoms with Crippen LogP contribution in [-0.4, -0.2) is 32.5 Å².